The lowest BCUT2D eigenvalue weighted by Crippen LogP contribution is -2.20. The van der Waals surface area contributed by atoms with Crippen molar-refractivity contribution in [3.05, 3.63) is 78.1 Å². The highest BCUT2D eigenvalue weighted by atomic mass is 32.1. The SMILES string of the molecule is COc1cc(/C=C/c2nc(NC(=S)Nc3ccccc3)c3ccccc3n2)cc(OC)c1OC. The van der Waals surface area contributed by atoms with Crippen LogP contribution in [0.25, 0.3) is 23.1 Å². The van der Waals surface area contributed by atoms with E-state index in [1.54, 1.807) is 21.3 Å². The fraction of sp³-hybridized carbons (Fsp3) is 0.115. The van der Waals surface area contributed by atoms with Crippen LogP contribution in [0.1, 0.15) is 11.4 Å². The average Bonchev–Trinajstić information content (AvgIpc) is 2.87. The number of ether oxygens (including phenoxy) is 3. The topological polar surface area (TPSA) is 77.5 Å². The fourth-order valence-corrected chi connectivity index (χ4v) is 3.64. The number of para-hydroxylation sites is 2. The van der Waals surface area contributed by atoms with Gasteiger partial charge in [-0.05, 0) is 60.3 Å². The zero-order chi connectivity index (χ0) is 23.9. The molecule has 0 radical (unpaired) electrons. The monoisotopic (exact) mass is 472 g/mol. The second kappa shape index (κ2) is 10.6. The van der Waals surface area contributed by atoms with E-state index in [-0.39, 0.29) is 0 Å². The van der Waals surface area contributed by atoms with Crippen molar-refractivity contribution < 1.29 is 14.2 Å². The largest absolute Gasteiger partial charge is 0.493 e. The molecule has 0 unspecified atom stereocenters. The molecule has 172 valence electrons. The van der Waals surface area contributed by atoms with E-state index < -0.39 is 0 Å². The Morgan fingerprint density at radius 2 is 1.47 bits per heavy atom. The van der Waals surface area contributed by atoms with E-state index in [0.29, 0.717) is 34.0 Å². The molecule has 0 amide bonds. The van der Waals surface area contributed by atoms with Crippen molar-refractivity contribution >= 4 is 51.9 Å². The van der Waals surface area contributed by atoms with Gasteiger partial charge in [0.15, 0.2) is 22.4 Å². The van der Waals surface area contributed by atoms with Crippen LogP contribution in [-0.2, 0) is 0 Å². The van der Waals surface area contributed by atoms with E-state index in [4.69, 9.17) is 31.4 Å². The molecule has 0 fully saturated rings. The maximum absolute atomic E-state index is 5.50. The maximum atomic E-state index is 5.50. The van der Waals surface area contributed by atoms with Gasteiger partial charge in [0.1, 0.15) is 5.82 Å². The molecular weight excluding hydrogens is 448 g/mol. The minimum atomic E-state index is 0.439. The molecule has 4 aromatic rings. The van der Waals surface area contributed by atoms with Crippen LogP contribution >= 0.6 is 12.2 Å². The summed E-state index contributed by atoms with van der Waals surface area (Å²) in [4.78, 5) is 9.37. The Labute approximate surface area is 203 Å². The van der Waals surface area contributed by atoms with Crippen molar-refractivity contribution in [1.82, 2.24) is 9.97 Å². The highest BCUT2D eigenvalue weighted by molar-refractivity contribution is 7.80. The third-order valence-corrected chi connectivity index (χ3v) is 5.20. The van der Waals surface area contributed by atoms with Gasteiger partial charge in [0.05, 0.1) is 26.8 Å². The van der Waals surface area contributed by atoms with E-state index in [2.05, 4.69) is 15.6 Å². The second-order valence-corrected chi connectivity index (χ2v) is 7.59. The maximum Gasteiger partial charge on any atom is 0.203 e. The first-order valence-electron chi connectivity index (χ1n) is 10.5. The van der Waals surface area contributed by atoms with Crippen molar-refractivity contribution in [3.8, 4) is 17.2 Å². The molecule has 1 heterocycles. The molecule has 0 bridgehead atoms. The number of anilines is 2. The molecule has 8 heteroatoms. The second-order valence-electron chi connectivity index (χ2n) is 7.18. The van der Waals surface area contributed by atoms with Crippen LogP contribution in [0.3, 0.4) is 0 Å². The van der Waals surface area contributed by atoms with Crippen molar-refractivity contribution in [1.29, 1.82) is 0 Å². The highest BCUT2D eigenvalue weighted by Gasteiger charge is 2.12. The third-order valence-electron chi connectivity index (χ3n) is 5.00. The van der Waals surface area contributed by atoms with Gasteiger partial charge in [-0.25, -0.2) is 9.97 Å². The summed E-state index contributed by atoms with van der Waals surface area (Å²) in [7, 11) is 4.74. The van der Waals surface area contributed by atoms with E-state index in [0.717, 1.165) is 22.2 Å². The Kier molecular flexibility index (Phi) is 7.19. The van der Waals surface area contributed by atoms with Gasteiger partial charge in [0, 0.05) is 11.1 Å². The molecule has 0 saturated heterocycles. The van der Waals surface area contributed by atoms with E-state index >= 15 is 0 Å². The van der Waals surface area contributed by atoms with Gasteiger partial charge in [-0.15, -0.1) is 0 Å². The summed E-state index contributed by atoms with van der Waals surface area (Å²) in [6.07, 6.45) is 3.71. The van der Waals surface area contributed by atoms with Crippen molar-refractivity contribution in [3.63, 3.8) is 0 Å². The molecular formula is C26H24N4O3S. The molecule has 0 spiro atoms. The van der Waals surface area contributed by atoms with Crippen LogP contribution in [0.15, 0.2) is 66.7 Å². The molecule has 0 aliphatic carbocycles. The van der Waals surface area contributed by atoms with Gasteiger partial charge >= 0.3 is 0 Å². The van der Waals surface area contributed by atoms with Crippen molar-refractivity contribution in [2.24, 2.45) is 0 Å². The zero-order valence-corrected chi connectivity index (χ0v) is 19.8. The number of nitrogens with zero attached hydrogens (tertiary/aromatic N) is 2. The summed E-state index contributed by atoms with van der Waals surface area (Å²) in [5, 5.41) is 7.68. The number of thiocarbonyl (C=S) groups is 1. The number of nitrogens with one attached hydrogen (secondary N) is 2. The van der Waals surface area contributed by atoms with Crippen molar-refractivity contribution in [2.45, 2.75) is 0 Å². The normalized spacial score (nSPS) is 10.8. The number of rotatable bonds is 7. The molecule has 1 aromatic heterocycles. The third kappa shape index (κ3) is 5.24. The lowest BCUT2D eigenvalue weighted by molar-refractivity contribution is 0.324. The number of benzene rings is 3. The lowest BCUT2D eigenvalue weighted by Gasteiger charge is -2.13. The molecule has 4 rings (SSSR count). The predicted octanol–water partition coefficient (Wildman–Crippen LogP) is 5.63. The first-order valence-corrected chi connectivity index (χ1v) is 10.9. The van der Waals surface area contributed by atoms with Gasteiger partial charge < -0.3 is 24.8 Å². The van der Waals surface area contributed by atoms with E-state index in [1.165, 1.54) is 0 Å². The number of aromatic nitrogens is 2. The number of methoxy groups -OCH3 is 3. The number of hydrogen-bond acceptors (Lipinski definition) is 6. The Bertz CT molecular complexity index is 1320. The quantitative estimate of drug-likeness (QED) is 0.335. The molecule has 3 aromatic carbocycles. The molecule has 0 saturated carbocycles. The van der Waals surface area contributed by atoms with Crippen LogP contribution in [0.2, 0.25) is 0 Å². The summed E-state index contributed by atoms with van der Waals surface area (Å²) in [6, 6.07) is 21.2. The summed E-state index contributed by atoms with van der Waals surface area (Å²) < 4.78 is 16.3. The Hall–Kier alpha value is -4.17. The van der Waals surface area contributed by atoms with Gasteiger partial charge in [-0.2, -0.15) is 0 Å². The number of fused-ring (bicyclic) bond motifs is 1. The summed E-state index contributed by atoms with van der Waals surface area (Å²) >= 11 is 5.50. The summed E-state index contributed by atoms with van der Waals surface area (Å²) in [5.41, 5.74) is 2.54. The highest BCUT2D eigenvalue weighted by Crippen LogP contribution is 2.38. The van der Waals surface area contributed by atoms with Crippen LogP contribution in [-0.4, -0.2) is 36.4 Å². The molecule has 0 aliphatic rings. The van der Waals surface area contributed by atoms with Gasteiger partial charge in [0.2, 0.25) is 5.75 Å². The first-order chi connectivity index (χ1) is 16.6. The van der Waals surface area contributed by atoms with Crippen LogP contribution < -0.4 is 24.8 Å². The standard InChI is InChI=1S/C26H24N4O3S/c1-31-21-15-17(16-22(32-2)24(21)33-3)13-14-23-28-20-12-8-7-11-19(20)25(29-23)30-26(34)27-18-9-5-4-6-10-18/h4-16H,1-3H3,(H2,27,28,29,30,34)/b14-13+. The van der Waals surface area contributed by atoms with Crippen molar-refractivity contribution in [2.75, 3.05) is 32.0 Å². The first kappa shape index (κ1) is 23.0. The molecule has 2 N–H and O–H groups in total. The molecule has 34 heavy (non-hydrogen) atoms. The minimum absolute atomic E-state index is 0.439. The predicted molar refractivity (Wildman–Crippen MR) is 141 cm³/mol. The average molecular weight is 473 g/mol. The molecule has 0 atom stereocenters. The van der Waals surface area contributed by atoms with Crippen LogP contribution in [0, 0.1) is 0 Å². The Morgan fingerprint density at radius 1 is 0.794 bits per heavy atom. The zero-order valence-electron chi connectivity index (χ0n) is 19.0. The van der Waals surface area contributed by atoms with Gasteiger partial charge in [-0.3, -0.25) is 0 Å². The van der Waals surface area contributed by atoms with Crippen LogP contribution in [0.4, 0.5) is 11.5 Å². The number of hydrogen-bond donors (Lipinski definition) is 2. The summed E-state index contributed by atoms with van der Waals surface area (Å²) in [5.74, 6) is 2.82. The Morgan fingerprint density at radius 3 is 2.15 bits per heavy atom. The van der Waals surface area contributed by atoms with Gasteiger partial charge in [-0.1, -0.05) is 36.4 Å². The van der Waals surface area contributed by atoms with Gasteiger partial charge in [0.25, 0.3) is 0 Å². The minimum Gasteiger partial charge on any atom is -0.493 e. The lowest BCUT2D eigenvalue weighted by atomic mass is 10.1. The van der Waals surface area contributed by atoms with Crippen LogP contribution in [0.5, 0.6) is 17.2 Å². The fourth-order valence-electron chi connectivity index (χ4n) is 3.42. The molecule has 0 aliphatic heterocycles. The van der Waals surface area contributed by atoms with E-state index in [9.17, 15) is 0 Å². The smallest absolute Gasteiger partial charge is 0.203 e. The Balaban J connectivity index is 1.65. The molecule has 7 nitrogen and oxygen atoms in total. The van der Waals surface area contributed by atoms with E-state index in [1.807, 2.05) is 78.9 Å². The summed E-state index contributed by atoms with van der Waals surface area (Å²) in [6.45, 7) is 0.